The van der Waals surface area contributed by atoms with Crippen LogP contribution in [0.3, 0.4) is 0 Å². The summed E-state index contributed by atoms with van der Waals surface area (Å²) in [5, 5.41) is 8.41. The fraction of sp³-hybridized carbons (Fsp3) is 0.367. The molecule has 2 aromatic heterocycles. The number of rotatable bonds is 10. The predicted molar refractivity (Wildman–Crippen MR) is 161 cm³/mol. The molecule has 0 aliphatic carbocycles. The smallest absolute Gasteiger partial charge is 0.232 e. The van der Waals surface area contributed by atoms with Crippen LogP contribution in [0.5, 0.6) is 11.6 Å². The van der Waals surface area contributed by atoms with Crippen LogP contribution in [0.4, 0.5) is 11.6 Å². The quantitative estimate of drug-likeness (QED) is 0.227. The second-order valence-corrected chi connectivity index (χ2v) is 12.0. The number of hydrogen-bond donors (Lipinski definition) is 3. The van der Waals surface area contributed by atoms with Crippen molar-refractivity contribution in [1.29, 1.82) is 0 Å². The highest BCUT2D eigenvalue weighted by atomic mass is 32.2. The van der Waals surface area contributed by atoms with Crippen LogP contribution < -0.4 is 20.1 Å². The van der Waals surface area contributed by atoms with Gasteiger partial charge in [-0.05, 0) is 68.5 Å². The van der Waals surface area contributed by atoms with Crippen LogP contribution in [0.1, 0.15) is 44.2 Å². The summed E-state index contributed by atoms with van der Waals surface area (Å²) >= 11 is 0. The number of nitrogens with one attached hydrogen (secondary N) is 3. The lowest BCUT2D eigenvalue weighted by molar-refractivity contribution is 0.466. The van der Waals surface area contributed by atoms with Gasteiger partial charge in [0.15, 0.2) is 0 Å². The van der Waals surface area contributed by atoms with E-state index in [1.165, 1.54) is 0 Å². The molecule has 0 radical (unpaired) electrons. The highest BCUT2D eigenvalue weighted by Crippen LogP contribution is 2.39. The van der Waals surface area contributed by atoms with Crippen LogP contribution in [0, 0.1) is 6.92 Å². The Bertz CT molecular complexity index is 1600. The number of piperidine rings is 1. The van der Waals surface area contributed by atoms with Crippen molar-refractivity contribution in [1.82, 2.24) is 20.3 Å². The van der Waals surface area contributed by atoms with Gasteiger partial charge in [0.05, 0.1) is 22.7 Å². The van der Waals surface area contributed by atoms with E-state index in [0.717, 1.165) is 59.8 Å². The molecule has 1 fully saturated rings. The van der Waals surface area contributed by atoms with Crippen LogP contribution in [0.2, 0.25) is 0 Å². The topological polar surface area (TPSA) is 118 Å². The van der Waals surface area contributed by atoms with Crippen LogP contribution >= 0.6 is 0 Å². The van der Waals surface area contributed by atoms with Crippen molar-refractivity contribution in [2.45, 2.75) is 52.5 Å². The van der Waals surface area contributed by atoms with E-state index in [9.17, 15) is 8.42 Å². The average Bonchev–Trinajstić information content (AvgIpc) is 2.95. The van der Waals surface area contributed by atoms with E-state index >= 15 is 0 Å². The molecule has 0 bridgehead atoms. The number of anilines is 2. The monoisotopic (exact) mass is 560 g/mol. The van der Waals surface area contributed by atoms with E-state index in [2.05, 4.69) is 33.3 Å². The third-order valence-electron chi connectivity index (χ3n) is 7.02. The highest BCUT2D eigenvalue weighted by molar-refractivity contribution is 7.92. The maximum Gasteiger partial charge on any atom is 0.232 e. The molecule has 1 atom stereocenters. The molecule has 0 spiro atoms. The molecule has 1 saturated heterocycles. The van der Waals surface area contributed by atoms with Crippen molar-refractivity contribution in [3.63, 3.8) is 0 Å². The minimum atomic E-state index is -3.45. The molecule has 5 rings (SSSR count). The van der Waals surface area contributed by atoms with Gasteiger partial charge in [-0.15, -0.1) is 0 Å². The average molecular weight is 561 g/mol. The second-order valence-electron chi connectivity index (χ2n) is 10.1. The highest BCUT2D eigenvalue weighted by Gasteiger charge is 2.19. The Hall–Kier alpha value is -3.76. The van der Waals surface area contributed by atoms with Crippen LogP contribution in [0.15, 0.2) is 54.9 Å². The lowest BCUT2D eigenvalue weighted by Crippen LogP contribution is -2.38. The maximum atomic E-state index is 12.5. The first-order valence-electron chi connectivity index (χ1n) is 13.9. The number of sulfonamides is 1. The Balaban J connectivity index is 1.53. The molecule has 9 nitrogen and oxygen atoms in total. The Morgan fingerprint density at radius 3 is 2.75 bits per heavy atom. The molecule has 2 aromatic carbocycles. The van der Waals surface area contributed by atoms with Gasteiger partial charge in [-0.2, -0.15) is 0 Å². The zero-order chi connectivity index (χ0) is 28.1. The van der Waals surface area contributed by atoms with Crippen LogP contribution in [-0.4, -0.2) is 48.3 Å². The Labute approximate surface area is 235 Å². The number of ether oxygens (including phenoxy) is 1. The van der Waals surface area contributed by atoms with Crippen LogP contribution in [-0.2, 0) is 16.4 Å². The van der Waals surface area contributed by atoms with Crippen molar-refractivity contribution >= 4 is 32.4 Å². The van der Waals surface area contributed by atoms with Crippen molar-refractivity contribution in [3.05, 3.63) is 66.0 Å². The fourth-order valence-corrected chi connectivity index (χ4v) is 6.09. The minimum absolute atomic E-state index is 0.0582. The van der Waals surface area contributed by atoms with Gasteiger partial charge in [-0.25, -0.2) is 23.4 Å². The third kappa shape index (κ3) is 6.34. The molecular formula is C30H36N6O3S. The summed E-state index contributed by atoms with van der Waals surface area (Å²) in [6, 6.07) is 13.6. The summed E-state index contributed by atoms with van der Waals surface area (Å²) in [6.07, 6.45) is 7.11. The maximum absolute atomic E-state index is 12.5. The van der Waals surface area contributed by atoms with Gasteiger partial charge < -0.3 is 15.4 Å². The largest absolute Gasteiger partial charge is 0.437 e. The first-order valence-corrected chi connectivity index (χ1v) is 15.5. The number of aromatic nitrogens is 3. The standard InChI is InChI=1S/C30H36N6O3S/c1-4-16-40(37,38)36-27-10-6-9-24-23(27)12-11-20(3)28(24)39-29-25(17-21(5-2)18-33-29)26-13-15-32-30(35-26)34-22-8-7-14-31-19-22/h6,9-13,15,17-18,22,31,36H,4-5,7-8,14,16,19H2,1-3H3,(H,32,34,35). The van der Waals surface area contributed by atoms with E-state index in [4.69, 9.17) is 14.7 Å². The third-order valence-corrected chi connectivity index (χ3v) is 8.50. The fourth-order valence-electron chi connectivity index (χ4n) is 4.94. The molecule has 0 amide bonds. The van der Waals surface area contributed by atoms with Crippen molar-refractivity contribution in [3.8, 4) is 22.9 Å². The van der Waals surface area contributed by atoms with Gasteiger partial charge in [0.25, 0.3) is 0 Å². The second kappa shape index (κ2) is 12.2. The van der Waals surface area contributed by atoms with E-state index in [0.29, 0.717) is 35.4 Å². The molecule has 1 unspecified atom stereocenters. The number of benzene rings is 2. The van der Waals surface area contributed by atoms with Gasteiger partial charge in [0, 0.05) is 35.8 Å². The Morgan fingerprint density at radius 2 is 1.98 bits per heavy atom. The summed E-state index contributed by atoms with van der Waals surface area (Å²) in [5.74, 6) is 1.67. The summed E-state index contributed by atoms with van der Waals surface area (Å²) in [5.41, 5.74) is 3.97. The minimum Gasteiger partial charge on any atom is -0.437 e. The molecule has 40 heavy (non-hydrogen) atoms. The molecule has 10 heteroatoms. The number of pyridine rings is 1. The SMILES string of the molecule is CCCS(=O)(=O)Nc1cccc2c(Oc3ncc(CC)cc3-c3ccnc(NC4CCCNC4)n3)c(C)ccc12. The van der Waals surface area contributed by atoms with Crippen molar-refractivity contribution in [2.75, 3.05) is 28.9 Å². The molecule has 1 aliphatic heterocycles. The van der Waals surface area contributed by atoms with E-state index in [1.54, 1.807) is 12.3 Å². The van der Waals surface area contributed by atoms with Crippen molar-refractivity contribution in [2.24, 2.45) is 0 Å². The van der Waals surface area contributed by atoms with Gasteiger partial charge >= 0.3 is 0 Å². The van der Waals surface area contributed by atoms with E-state index < -0.39 is 10.0 Å². The lowest BCUT2D eigenvalue weighted by Gasteiger charge is -2.23. The number of hydrogen-bond acceptors (Lipinski definition) is 8. The lowest BCUT2D eigenvalue weighted by atomic mass is 10.0. The molecule has 0 saturated carbocycles. The first kappa shape index (κ1) is 27.8. The zero-order valence-corrected chi connectivity index (χ0v) is 24.0. The van der Waals surface area contributed by atoms with E-state index in [1.807, 2.05) is 50.4 Å². The van der Waals surface area contributed by atoms with Crippen molar-refractivity contribution < 1.29 is 13.2 Å². The molecule has 4 aromatic rings. The Morgan fingerprint density at radius 1 is 1.10 bits per heavy atom. The molecule has 210 valence electrons. The number of fused-ring (bicyclic) bond motifs is 1. The Kier molecular flexibility index (Phi) is 8.46. The molecule has 3 N–H and O–H groups in total. The first-order chi connectivity index (χ1) is 19.4. The molecule has 3 heterocycles. The van der Waals surface area contributed by atoms with Crippen LogP contribution in [0.25, 0.3) is 22.0 Å². The van der Waals surface area contributed by atoms with Gasteiger partial charge in [-0.3, -0.25) is 4.72 Å². The summed E-state index contributed by atoms with van der Waals surface area (Å²) in [6.45, 7) is 7.81. The van der Waals surface area contributed by atoms with Gasteiger partial charge in [0.2, 0.25) is 21.9 Å². The summed E-state index contributed by atoms with van der Waals surface area (Å²) in [7, 11) is -3.45. The summed E-state index contributed by atoms with van der Waals surface area (Å²) in [4.78, 5) is 14.0. The zero-order valence-electron chi connectivity index (χ0n) is 23.2. The number of nitrogens with zero attached hydrogens (tertiary/aromatic N) is 3. The number of aryl methyl sites for hydroxylation is 2. The molecular weight excluding hydrogens is 524 g/mol. The van der Waals surface area contributed by atoms with E-state index in [-0.39, 0.29) is 11.8 Å². The molecule has 1 aliphatic rings. The normalized spacial score (nSPS) is 15.6. The summed E-state index contributed by atoms with van der Waals surface area (Å²) < 4.78 is 34.3. The van der Waals surface area contributed by atoms with Gasteiger partial charge in [0.1, 0.15) is 5.75 Å². The van der Waals surface area contributed by atoms with Gasteiger partial charge in [-0.1, -0.05) is 38.1 Å². The predicted octanol–water partition coefficient (Wildman–Crippen LogP) is 5.67.